The molecule has 0 saturated heterocycles. The van der Waals surface area contributed by atoms with Crippen LogP contribution < -0.4 is 0 Å². The molecule has 16 heavy (non-hydrogen) atoms. The van der Waals surface area contributed by atoms with Gasteiger partial charge in [0.2, 0.25) is 0 Å². The summed E-state index contributed by atoms with van der Waals surface area (Å²) in [5.74, 6) is 0.552. The minimum Gasteiger partial charge on any atom is -0.0764 e. The molecule has 79 valence electrons. The van der Waals surface area contributed by atoms with E-state index in [1.54, 1.807) is 0 Å². The summed E-state index contributed by atoms with van der Waals surface area (Å²) in [4.78, 5) is 0. The summed E-state index contributed by atoms with van der Waals surface area (Å²) < 4.78 is 0. The van der Waals surface area contributed by atoms with E-state index in [0.717, 1.165) is 12.8 Å². The van der Waals surface area contributed by atoms with Crippen molar-refractivity contribution in [3.05, 3.63) is 60.5 Å². The van der Waals surface area contributed by atoms with Gasteiger partial charge in [0.25, 0.3) is 0 Å². The zero-order valence-electron chi connectivity index (χ0n) is 9.32. The van der Waals surface area contributed by atoms with E-state index >= 15 is 0 Å². The van der Waals surface area contributed by atoms with Gasteiger partial charge in [-0.05, 0) is 28.3 Å². The first kappa shape index (κ1) is 9.65. The van der Waals surface area contributed by atoms with Crippen LogP contribution in [0.15, 0.2) is 42.5 Å². The van der Waals surface area contributed by atoms with Gasteiger partial charge in [0.1, 0.15) is 0 Å². The van der Waals surface area contributed by atoms with Crippen molar-refractivity contribution in [2.45, 2.75) is 18.8 Å². The van der Waals surface area contributed by atoms with Crippen molar-refractivity contribution in [1.82, 2.24) is 0 Å². The largest absolute Gasteiger partial charge is 0.0764 e. The second-order valence-corrected chi connectivity index (χ2v) is 4.40. The van der Waals surface area contributed by atoms with Crippen molar-refractivity contribution in [2.24, 2.45) is 0 Å². The Morgan fingerprint density at radius 3 is 2.69 bits per heavy atom. The van der Waals surface area contributed by atoms with Crippen LogP contribution in [0.5, 0.6) is 0 Å². The Morgan fingerprint density at radius 2 is 1.88 bits per heavy atom. The minimum absolute atomic E-state index is 0.552. The molecule has 2 aromatic carbocycles. The quantitative estimate of drug-likeness (QED) is 0.677. The SMILES string of the molecule is [CH2]CCC1C=Cc2cccc3cccc1c23. The normalized spacial score (nSPS) is 17.9. The van der Waals surface area contributed by atoms with Crippen molar-refractivity contribution in [1.29, 1.82) is 0 Å². The molecule has 1 aliphatic carbocycles. The van der Waals surface area contributed by atoms with E-state index in [1.807, 2.05) is 0 Å². The Labute approximate surface area is 96.6 Å². The summed E-state index contributed by atoms with van der Waals surface area (Å²) >= 11 is 0. The summed E-state index contributed by atoms with van der Waals surface area (Å²) in [7, 11) is 0. The Morgan fingerprint density at radius 1 is 1.06 bits per heavy atom. The number of allylic oxidation sites excluding steroid dienone is 1. The second kappa shape index (κ2) is 3.79. The van der Waals surface area contributed by atoms with Crippen molar-refractivity contribution < 1.29 is 0 Å². The maximum absolute atomic E-state index is 3.97. The maximum atomic E-state index is 3.97. The van der Waals surface area contributed by atoms with E-state index in [4.69, 9.17) is 0 Å². The molecule has 0 nitrogen and oxygen atoms in total. The van der Waals surface area contributed by atoms with Crippen molar-refractivity contribution in [2.75, 3.05) is 0 Å². The van der Waals surface area contributed by atoms with Crippen LogP contribution in [0.25, 0.3) is 16.8 Å². The zero-order chi connectivity index (χ0) is 11.0. The molecule has 1 aliphatic rings. The summed E-state index contributed by atoms with van der Waals surface area (Å²) in [6, 6.07) is 13.1. The van der Waals surface area contributed by atoms with Gasteiger partial charge in [0, 0.05) is 5.92 Å². The van der Waals surface area contributed by atoms with Gasteiger partial charge < -0.3 is 0 Å². The average molecular weight is 207 g/mol. The minimum atomic E-state index is 0.552. The van der Waals surface area contributed by atoms with Crippen LogP contribution in [-0.4, -0.2) is 0 Å². The highest BCUT2D eigenvalue weighted by atomic mass is 14.2. The molecule has 1 atom stereocenters. The molecule has 0 spiro atoms. The maximum Gasteiger partial charge on any atom is 0.00276 e. The smallest absolute Gasteiger partial charge is 0.00276 e. The molecule has 0 heteroatoms. The van der Waals surface area contributed by atoms with Crippen LogP contribution in [0.4, 0.5) is 0 Å². The third-order valence-corrected chi connectivity index (χ3v) is 3.39. The lowest BCUT2D eigenvalue weighted by atomic mass is 9.84. The van der Waals surface area contributed by atoms with Gasteiger partial charge in [0.05, 0.1) is 0 Å². The molecule has 0 bridgehead atoms. The zero-order valence-corrected chi connectivity index (χ0v) is 9.32. The van der Waals surface area contributed by atoms with Crippen molar-refractivity contribution in [3.63, 3.8) is 0 Å². The van der Waals surface area contributed by atoms with Crippen LogP contribution in [0, 0.1) is 6.92 Å². The van der Waals surface area contributed by atoms with E-state index in [2.05, 4.69) is 55.5 Å². The summed E-state index contributed by atoms with van der Waals surface area (Å²) in [5, 5.41) is 2.79. The Hall–Kier alpha value is -1.56. The number of benzene rings is 2. The van der Waals surface area contributed by atoms with Crippen molar-refractivity contribution >= 4 is 16.8 Å². The molecular formula is C16H15. The summed E-state index contributed by atoms with van der Waals surface area (Å²) in [6.45, 7) is 3.97. The molecule has 1 unspecified atom stereocenters. The average Bonchev–Trinajstić information content (AvgIpc) is 2.33. The number of hydrogen-bond acceptors (Lipinski definition) is 0. The van der Waals surface area contributed by atoms with Crippen LogP contribution in [0.3, 0.4) is 0 Å². The highest BCUT2D eigenvalue weighted by Gasteiger charge is 2.15. The Balaban J connectivity index is 2.27. The monoisotopic (exact) mass is 207 g/mol. The molecule has 0 amide bonds. The van der Waals surface area contributed by atoms with Crippen LogP contribution in [0.1, 0.15) is 29.9 Å². The Kier molecular flexibility index (Phi) is 2.28. The van der Waals surface area contributed by atoms with Crippen molar-refractivity contribution in [3.8, 4) is 0 Å². The number of hydrogen-bond donors (Lipinski definition) is 0. The molecule has 0 heterocycles. The van der Waals surface area contributed by atoms with Gasteiger partial charge >= 0.3 is 0 Å². The molecule has 0 N–H and O–H groups in total. The lowest BCUT2D eigenvalue weighted by Gasteiger charge is -2.20. The molecule has 0 fully saturated rings. The summed E-state index contributed by atoms with van der Waals surface area (Å²) in [6.07, 6.45) is 6.72. The molecular weight excluding hydrogens is 192 g/mol. The van der Waals surface area contributed by atoms with Crippen LogP contribution >= 0.6 is 0 Å². The molecule has 0 saturated carbocycles. The van der Waals surface area contributed by atoms with Crippen LogP contribution in [-0.2, 0) is 0 Å². The molecule has 2 aromatic rings. The fourth-order valence-electron chi connectivity index (χ4n) is 2.64. The third-order valence-electron chi connectivity index (χ3n) is 3.39. The van der Waals surface area contributed by atoms with E-state index in [0.29, 0.717) is 5.92 Å². The van der Waals surface area contributed by atoms with E-state index in [-0.39, 0.29) is 0 Å². The van der Waals surface area contributed by atoms with E-state index in [9.17, 15) is 0 Å². The fraction of sp³-hybridized carbons (Fsp3) is 0.188. The Bertz CT molecular complexity index is 544. The fourth-order valence-corrected chi connectivity index (χ4v) is 2.64. The van der Waals surface area contributed by atoms with E-state index in [1.165, 1.54) is 21.9 Å². The first-order valence-electron chi connectivity index (χ1n) is 5.89. The first-order chi connectivity index (χ1) is 7.90. The number of rotatable bonds is 2. The standard InChI is InChI=1S/C16H15/c1-2-5-12-10-11-14-7-3-6-13-8-4-9-15(12)16(13)14/h3-4,6-12H,1-2,5H2. The lowest BCUT2D eigenvalue weighted by Crippen LogP contribution is -2.00. The molecule has 1 radical (unpaired) electrons. The predicted molar refractivity (Wildman–Crippen MR) is 70.3 cm³/mol. The topological polar surface area (TPSA) is 0 Å². The van der Waals surface area contributed by atoms with Crippen LogP contribution in [0.2, 0.25) is 0 Å². The van der Waals surface area contributed by atoms with Gasteiger partial charge in [-0.15, -0.1) is 0 Å². The second-order valence-electron chi connectivity index (χ2n) is 4.40. The summed E-state index contributed by atoms with van der Waals surface area (Å²) in [5.41, 5.74) is 2.83. The van der Waals surface area contributed by atoms with Gasteiger partial charge in [-0.2, -0.15) is 0 Å². The molecule has 0 aromatic heterocycles. The van der Waals surface area contributed by atoms with Gasteiger partial charge in [-0.25, -0.2) is 0 Å². The predicted octanol–water partition coefficient (Wildman–Crippen LogP) is 4.56. The highest BCUT2D eigenvalue weighted by molar-refractivity contribution is 5.95. The molecule has 0 aliphatic heterocycles. The highest BCUT2D eigenvalue weighted by Crippen LogP contribution is 2.36. The molecule has 3 rings (SSSR count). The van der Waals surface area contributed by atoms with Gasteiger partial charge in [-0.3, -0.25) is 0 Å². The first-order valence-corrected chi connectivity index (χ1v) is 5.89. The lowest BCUT2D eigenvalue weighted by molar-refractivity contribution is 0.754. The van der Waals surface area contributed by atoms with Gasteiger partial charge in [-0.1, -0.05) is 61.9 Å². The third kappa shape index (κ3) is 1.37. The van der Waals surface area contributed by atoms with E-state index < -0.39 is 0 Å². The van der Waals surface area contributed by atoms with Gasteiger partial charge in [0.15, 0.2) is 0 Å².